The molecule has 0 spiro atoms. The molecule has 1 aliphatic heterocycles. The van der Waals surface area contributed by atoms with Crippen molar-refractivity contribution in [1.29, 1.82) is 0 Å². The third-order valence-electron chi connectivity index (χ3n) is 3.59. The number of hydrogen-bond acceptors (Lipinski definition) is 3. The Balaban J connectivity index is 2.13. The highest BCUT2D eigenvalue weighted by molar-refractivity contribution is 5.28. The van der Waals surface area contributed by atoms with E-state index in [2.05, 4.69) is 18.7 Å². The topological polar surface area (TPSA) is 32.7 Å². The van der Waals surface area contributed by atoms with Crippen LogP contribution in [0.15, 0.2) is 24.3 Å². The van der Waals surface area contributed by atoms with Crippen LogP contribution in [0.25, 0.3) is 0 Å². The Labute approximate surface area is 109 Å². The molecule has 18 heavy (non-hydrogen) atoms. The second-order valence-corrected chi connectivity index (χ2v) is 5.05. The van der Waals surface area contributed by atoms with Gasteiger partial charge < -0.3 is 9.84 Å². The van der Waals surface area contributed by atoms with E-state index in [1.807, 2.05) is 12.1 Å². The van der Waals surface area contributed by atoms with Crippen molar-refractivity contribution in [2.75, 3.05) is 19.7 Å². The average molecular weight is 249 g/mol. The molecule has 0 bridgehead atoms. The van der Waals surface area contributed by atoms with Gasteiger partial charge >= 0.3 is 0 Å². The number of phenolic OH excluding ortho intramolecular Hbond substituents is 1. The molecule has 2 atom stereocenters. The van der Waals surface area contributed by atoms with E-state index in [-0.39, 0.29) is 0 Å². The maximum atomic E-state index is 9.37. The Bertz CT molecular complexity index is 363. The first-order valence-corrected chi connectivity index (χ1v) is 6.85. The van der Waals surface area contributed by atoms with E-state index >= 15 is 0 Å². The monoisotopic (exact) mass is 249 g/mol. The quantitative estimate of drug-likeness (QED) is 0.894. The van der Waals surface area contributed by atoms with Gasteiger partial charge in [0.2, 0.25) is 0 Å². The van der Waals surface area contributed by atoms with E-state index in [1.165, 1.54) is 5.56 Å². The van der Waals surface area contributed by atoms with E-state index in [9.17, 15) is 5.11 Å². The molecule has 0 aromatic heterocycles. The van der Waals surface area contributed by atoms with Crippen LogP contribution < -0.4 is 0 Å². The van der Waals surface area contributed by atoms with Crippen LogP contribution in [0.4, 0.5) is 0 Å². The van der Waals surface area contributed by atoms with E-state index in [4.69, 9.17) is 4.74 Å². The van der Waals surface area contributed by atoms with Crippen molar-refractivity contribution in [3.63, 3.8) is 0 Å². The molecular formula is C15H23NO2. The van der Waals surface area contributed by atoms with Crippen molar-refractivity contribution < 1.29 is 9.84 Å². The summed E-state index contributed by atoms with van der Waals surface area (Å²) in [4.78, 5) is 2.50. The maximum Gasteiger partial charge on any atom is 0.115 e. The molecule has 2 rings (SSSR count). The Morgan fingerprint density at radius 3 is 2.78 bits per heavy atom. The van der Waals surface area contributed by atoms with Gasteiger partial charge in [0.15, 0.2) is 0 Å². The summed E-state index contributed by atoms with van der Waals surface area (Å²) < 4.78 is 5.70. The van der Waals surface area contributed by atoms with Crippen molar-refractivity contribution in [3.8, 4) is 5.75 Å². The molecule has 1 heterocycles. The van der Waals surface area contributed by atoms with Crippen LogP contribution in [0.5, 0.6) is 5.75 Å². The lowest BCUT2D eigenvalue weighted by molar-refractivity contribution is 0.0600. The fourth-order valence-electron chi connectivity index (χ4n) is 2.71. The summed E-state index contributed by atoms with van der Waals surface area (Å²) in [5.41, 5.74) is 1.28. The van der Waals surface area contributed by atoms with Gasteiger partial charge in [0.05, 0.1) is 6.10 Å². The minimum atomic E-state index is 0.304. The van der Waals surface area contributed by atoms with Gasteiger partial charge in [-0.2, -0.15) is 0 Å². The van der Waals surface area contributed by atoms with Crippen molar-refractivity contribution in [1.82, 2.24) is 4.90 Å². The molecule has 0 amide bonds. The largest absolute Gasteiger partial charge is 0.508 e. The predicted molar refractivity (Wildman–Crippen MR) is 72.7 cm³/mol. The van der Waals surface area contributed by atoms with Crippen LogP contribution in [-0.2, 0) is 4.74 Å². The summed E-state index contributed by atoms with van der Waals surface area (Å²) in [7, 11) is 0. The fraction of sp³-hybridized carbons (Fsp3) is 0.600. The van der Waals surface area contributed by atoms with Gasteiger partial charge in [-0.05, 0) is 37.5 Å². The molecular weight excluding hydrogens is 226 g/mol. The third-order valence-corrected chi connectivity index (χ3v) is 3.59. The van der Waals surface area contributed by atoms with Gasteiger partial charge in [0.25, 0.3) is 0 Å². The SMILES string of the molecule is CCC(c1ccc(O)cc1)N1CCCOC(C)C1. The highest BCUT2D eigenvalue weighted by Gasteiger charge is 2.22. The number of ether oxygens (including phenoxy) is 1. The molecule has 1 aromatic rings. The van der Waals surface area contributed by atoms with Gasteiger partial charge in [0.1, 0.15) is 5.75 Å². The molecule has 100 valence electrons. The zero-order valence-electron chi connectivity index (χ0n) is 11.3. The maximum absolute atomic E-state index is 9.37. The first-order valence-electron chi connectivity index (χ1n) is 6.85. The van der Waals surface area contributed by atoms with E-state index in [0.29, 0.717) is 17.9 Å². The minimum absolute atomic E-state index is 0.304. The van der Waals surface area contributed by atoms with Crippen molar-refractivity contribution in [3.05, 3.63) is 29.8 Å². The van der Waals surface area contributed by atoms with Crippen LogP contribution >= 0.6 is 0 Å². The standard InChI is InChI=1S/C15H23NO2/c1-3-15(13-5-7-14(17)8-6-13)16-9-4-10-18-12(2)11-16/h5-8,12,15,17H,3-4,9-11H2,1-2H3. The zero-order chi connectivity index (χ0) is 13.0. The molecule has 0 saturated carbocycles. The molecule has 1 saturated heterocycles. The summed E-state index contributed by atoms with van der Waals surface area (Å²) in [6, 6.07) is 8.03. The molecule has 3 heteroatoms. The molecule has 1 N–H and O–H groups in total. The smallest absolute Gasteiger partial charge is 0.115 e. The molecule has 3 nitrogen and oxygen atoms in total. The van der Waals surface area contributed by atoms with Crippen molar-refractivity contribution >= 4 is 0 Å². The van der Waals surface area contributed by atoms with E-state index in [1.54, 1.807) is 12.1 Å². The summed E-state index contributed by atoms with van der Waals surface area (Å²) in [5, 5.41) is 9.37. The van der Waals surface area contributed by atoms with E-state index in [0.717, 1.165) is 32.5 Å². The van der Waals surface area contributed by atoms with Gasteiger partial charge in [-0.25, -0.2) is 0 Å². The molecule has 0 radical (unpaired) electrons. The molecule has 1 aliphatic rings. The van der Waals surface area contributed by atoms with Crippen LogP contribution in [-0.4, -0.2) is 35.8 Å². The van der Waals surface area contributed by atoms with Crippen LogP contribution in [0.2, 0.25) is 0 Å². The number of phenols is 1. The Hall–Kier alpha value is -1.06. The van der Waals surface area contributed by atoms with Crippen LogP contribution in [0.3, 0.4) is 0 Å². The Kier molecular flexibility index (Phi) is 4.61. The number of hydrogen-bond donors (Lipinski definition) is 1. The average Bonchev–Trinajstić information content (AvgIpc) is 2.57. The zero-order valence-corrected chi connectivity index (χ0v) is 11.3. The summed E-state index contributed by atoms with van der Waals surface area (Å²) in [6.07, 6.45) is 2.48. The number of aromatic hydroxyl groups is 1. The fourth-order valence-corrected chi connectivity index (χ4v) is 2.71. The summed E-state index contributed by atoms with van der Waals surface area (Å²) in [6.45, 7) is 7.29. The summed E-state index contributed by atoms with van der Waals surface area (Å²) >= 11 is 0. The highest BCUT2D eigenvalue weighted by Crippen LogP contribution is 2.27. The van der Waals surface area contributed by atoms with E-state index < -0.39 is 0 Å². The lowest BCUT2D eigenvalue weighted by Crippen LogP contribution is -2.33. The highest BCUT2D eigenvalue weighted by atomic mass is 16.5. The first-order chi connectivity index (χ1) is 8.70. The Morgan fingerprint density at radius 2 is 2.11 bits per heavy atom. The molecule has 1 aromatic carbocycles. The van der Waals surface area contributed by atoms with Gasteiger partial charge in [-0.3, -0.25) is 4.90 Å². The number of nitrogens with zero attached hydrogens (tertiary/aromatic N) is 1. The van der Waals surface area contributed by atoms with Gasteiger partial charge in [-0.1, -0.05) is 19.1 Å². The van der Waals surface area contributed by atoms with Crippen LogP contribution in [0, 0.1) is 0 Å². The normalized spacial score (nSPS) is 23.6. The lowest BCUT2D eigenvalue weighted by Gasteiger charge is -2.31. The number of benzene rings is 1. The van der Waals surface area contributed by atoms with Crippen molar-refractivity contribution in [2.24, 2.45) is 0 Å². The predicted octanol–water partition coefficient (Wildman–Crippen LogP) is 2.95. The molecule has 1 fully saturated rings. The second kappa shape index (κ2) is 6.21. The molecule has 2 unspecified atom stereocenters. The first kappa shape index (κ1) is 13.4. The van der Waals surface area contributed by atoms with Crippen molar-refractivity contribution in [2.45, 2.75) is 38.8 Å². The van der Waals surface area contributed by atoms with Crippen LogP contribution in [0.1, 0.15) is 38.3 Å². The Morgan fingerprint density at radius 1 is 1.39 bits per heavy atom. The third kappa shape index (κ3) is 3.24. The molecule has 0 aliphatic carbocycles. The van der Waals surface area contributed by atoms with Gasteiger partial charge in [-0.15, -0.1) is 0 Å². The summed E-state index contributed by atoms with van der Waals surface area (Å²) in [5.74, 6) is 0.334. The minimum Gasteiger partial charge on any atom is -0.508 e. The number of rotatable bonds is 3. The lowest BCUT2D eigenvalue weighted by atomic mass is 10.0. The van der Waals surface area contributed by atoms with Gasteiger partial charge in [0, 0.05) is 25.7 Å². The second-order valence-electron chi connectivity index (χ2n) is 5.05.